The van der Waals surface area contributed by atoms with Gasteiger partial charge in [-0.3, -0.25) is 0 Å². The molecule has 1 rings (SSSR count). The number of phenols is 1. The van der Waals surface area contributed by atoms with E-state index in [1.165, 1.54) is 25.1 Å². The highest BCUT2D eigenvalue weighted by atomic mass is 127. The topological polar surface area (TPSA) is 80.2 Å². The summed E-state index contributed by atoms with van der Waals surface area (Å²) in [5.41, 5.74) is 6.33. The molecule has 0 bridgehead atoms. The van der Waals surface area contributed by atoms with E-state index in [0.717, 1.165) is 11.3 Å². The number of aromatic hydroxyl groups is 1. The van der Waals surface area contributed by atoms with Crippen molar-refractivity contribution in [1.29, 1.82) is 0 Å². The molecular formula is C11H15BrIN3O2S. The van der Waals surface area contributed by atoms with Gasteiger partial charge < -0.3 is 15.6 Å². The molecule has 3 N–H and O–H groups in total. The van der Waals surface area contributed by atoms with Crippen molar-refractivity contribution in [2.75, 3.05) is 12.9 Å². The van der Waals surface area contributed by atoms with Crippen LogP contribution in [-0.2, 0) is 0 Å². The molecule has 5 nitrogen and oxygen atoms in total. The van der Waals surface area contributed by atoms with E-state index >= 15 is 0 Å². The number of rotatable bonds is 4. The minimum absolute atomic E-state index is 0. The molecule has 0 atom stereocenters. The first-order chi connectivity index (χ1) is 8.58. The number of hydrogen-bond donors (Lipinski definition) is 2. The van der Waals surface area contributed by atoms with Gasteiger partial charge >= 0.3 is 0 Å². The number of methoxy groups -OCH3 is 1. The fourth-order valence-electron chi connectivity index (χ4n) is 1.15. The molecule has 0 saturated carbocycles. The highest BCUT2D eigenvalue weighted by Gasteiger charge is 2.07. The third-order valence-corrected chi connectivity index (χ3v) is 3.20. The van der Waals surface area contributed by atoms with E-state index in [1.807, 2.05) is 6.92 Å². The Morgan fingerprint density at radius 2 is 2.26 bits per heavy atom. The van der Waals surface area contributed by atoms with E-state index in [4.69, 9.17) is 10.5 Å². The second-order valence-electron chi connectivity index (χ2n) is 3.17. The minimum Gasteiger partial charge on any atom is -0.503 e. The largest absolute Gasteiger partial charge is 0.503 e. The molecule has 0 saturated heterocycles. The molecule has 0 heterocycles. The first kappa shape index (κ1) is 18.5. The minimum atomic E-state index is 0. The van der Waals surface area contributed by atoms with Gasteiger partial charge in [0.2, 0.25) is 0 Å². The van der Waals surface area contributed by atoms with Crippen molar-refractivity contribution in [3.63, 3.8) is 0 Å². The van der Waals surface area contributed by atoms with E-state index in [1.54, 1.807) is 12.1 Å². The number of nitrogens with two attached hydrogens (primary N) is 1. The van der Waals surface area contributed by atoms with Gasteiger partial charge in [0.1, 0.15) is 0 Å². The number of ether oxygens (including phenoxy) is 1. The predicted molar refractivity (Wildman–Crippen MR) is 95.1 cm³/mol. The van der Waals surface area contributed by atoms with Gasteiger partial charge in [0.05, 0.1) is 17.8 Å². The summed E-state index contributed by atoms with van der Waals surface area (Å²) in [4.78, 5) is 0. The van der Waals surface area contributed by atoms with Crippen LogP contribution >= 0.6 is 51.7 Å². The summed E-state index contributed by atoms with van der Waals surface area (Å²) in [6.45, 7) is 1.98. The highest BCUT2D eigenvalue weighted by Crippen LogP contribution is 2.34. The lowest BCUT2D eigenvalue weighted by molar-refractivity contribution is 0.372. The highest BCUT2D eigenvalue weighted by molar-refractivity contribution is 14.0. The smallest absolute Gasteiger partial charge is 0.180 e. The fourth-order valence-corrected chi connectivity index (χ4v) is 2.01. The number of hydrogen-bond acceptors (Lipinski definition) is 5. The number of phenolic OH excluding ortho intramolecular Hbond substituents is 1. The zero-order chi connectivity index (χ0) is 13.5. The van der Waals surface area contributed by atoms with E-state index in [9.17, 15) is 5.11 Å². The Morgan fingerprint density at radius 3 is 2.84 bits per heavy atom. The predicted octanol–water partition coefficient (Wildman–Crippen LogP) is 3.18. The number of benzene rings is 1. The molecule has 0 aromatic heterocycles. The van der Waals surface area contributed by atoms with Gasteiger partial charge in [-0.15, -0.1) is 29.1 Å². The van der Waals surface area contributed by atoms with Gasteiger partial charge in [-0.25, -0.2) is 0 Å². The van der Waals surface area contributed by atoms with Crippen LogP contribution in [0.25, 0.3) is 0 Å². The quantitative estimate of drug-likeness (QED) is 0.313. The van der Waals surface area contributed by atoms with E-state index in [2.05, 4.69) is 26.1 Å². The molecule has 106 valence electrons. The Bertz CT molecular complexity index is 483. The summed E-state index contributed by atoms with van der Waals surface area (Å²) in [6.07, 6.45) is 1.54. The molecule has 0 aliphatic rings. The average Bonchev–Trinajstić information content (AvgIpc) is 2.33. The molecule has 0 fully saturated rings. The monoisotopic (exact) mass is 459 g/mol. The van der Waals surface area contributed by atoms with Crippen LogP contribution in [0.15, 0.2) is 26.8 Å². The molecule has 0 spiro atoms. The summed E-state index contributed by atoms with van der Waals surface area (Å²) in [7, 11) is 1.48. The number of amidine groups is 1. The zero-order valence-corrected chi connectivity index (χ0v) is 15.2. The van der Waals surface area contributed by atoms with Gasteiger partial charge in [-0.2, -0.15) is 5.10 Å². The summed E-state index contributed by atoms with van der Waals surface area (Å²) in [6, 6.07) is 3.36. The maximum Gasteiger partial charge on any atom is 0.180 e. The van der Waals surface area contributed by atoms with Crippen LogP contribution in [0.4, 0.5) is 0 Å². The molecule has 0 aliphatic carbocycles. The second-order valence-corrected chi connectivity index (χ2v) is 5.31. The standard InChI is InChI=1S/C11H14BrN3O2S.HI/c1-3-18-11(13)15-14-6-7-4-8(12)10(16)9(5-7)17-2;/h4-6,16H,3H2,1-2H3,(H2,13,15);1H/b14-6+;. The number of halogens is 2. The first-order valence-corrected chi connectivity index (χ1v) is 6.92. The third kappa shape index (κ3) is 6.00. The lowest BCUT2D eigenvalue weighted by atomic mass is 10.2. The Morgan fingerprint density at radius 1 is 1.58 bits per heavy atom. The van der Waals surface area contributed by atoms with Gasteiger partial charge in [-0.1, -0.05) is 18.7 Å². The van der Waals surface area contributed by atoms with Gasteiger partial charge in [0.15, 0.2) is 16.7 Å². The van der Waals surface area contributed by atoms with Crippen molar-refractivity contribution in [1.82, 2.24) is 0 Å². The van der Waals surface area contributed by atoms with Gasteiger partial charge in [0.25, 0.3) is 0 Å². The van der Waals surface area contributed by atoms with Crippen molar-refractivity contribution in [2.24, 2.45) is 15.9 Å². The zero-order valence-electron chi connectivity index (χ0n) is 10.5. The molecule has 19 heavy (non-hydrogen) atoms. The van der Waals surface area contributed by atoms with Crippen LogP contribution in [0, 0.1) is 0 Å². The van der Waals surface area contributed by atoms with Gasteiger partial charge in [0, 0.05) is 0 Å². The summed E-state index contributed by atoms with van der Waals surface area (Å²) >= 11 is 4.65. The molecule has 0 unspecified atom stereocenters. The van der Waals surface area contributed by atoms with Crippen LogP contribution in [0.5, 0.6) is 11.5 Å². The Kier molecular flexibility index (Phi) is 9.19. The second kappa shape index (κ2) is 9.43. The molecule has 1 aromatic carbocycles. The maximum atomic E-state index is 9.64. The molecule has 8 heteroatoms. The molecular weight excluding hydrogens is 445 g/mol. The van der Waals surface area contributed by atoms with Crippen molar-refractivity contribution < 1.29 is 9.84 Å². The lowest BCUT2D eigenvalue weighted by Gasteiger charge is -2.05. The SMILES string of the molecule is CCSC(N)=N/N=C/c1cc(Br)c(O)c(OC)c1.I. The van der Waals surface area contributed by atoms with Crippen molar-refractivity contribution in [3.8, 4) is 11.5 Å². The summed E-state index contributed by atoms with van der Waals surface area (Å²) < 4.78 is 5.56. The van der Waals surface area contributed by atoms with E-state index in [-0.39, 0.29) is 29.7 Å². The Balaban J connectivity index is 0.00000324. The third-order valence-electron chi connectivity index (χ3n) is 1.93. The Hall–Kier alpha value is -0.480. The number of thioether (sulfide) groups is 1. The molecule has 0 aliphatic heterocycles. The van der Waals surface area contributed by atoms with Crippen LogP contribution in [0.3, 0.4) is 0 Å². The van der Waals surface area contributed by atoms with Crippen molar-refractivity contribution in [3.05, 3.63) is 22.2 Å². The summed E-state index contributed by atoms with van der Waals surface area (Å²) in [5, 5.41) is 17.7. The van der Waals surface area contributed by atoms with Crippen LogP contribution in [-0.4, -0.2) is 29.4 Å². The van der Waals surface area contributed by atoms with Crippen LogP contribution in [0.1, 0.15) is 12.5 Å². The van der Waals surface area contributed by atoms with Crippen molar-refractivity contribution in [2.45, 2.75) is 6.92 Å². The normalized spacial score (nSPS) is 11.4. The van der Waals surface area contributed by atoms with Crippen LogP contribution < -0.4 is 10.5 Å². The van der Waals surface area contributed by atoms with E-state index in [0.29, 0.717) is 15.4 Å². The average molecular weight is 460 g/mol. The molecule has 0 amide bonds. The van der Waals surface area contributed by atoms with Crippen LogP contribution in [0.2, 0.25) is 0 Å². The number of nitrogens with zero attached hydrogens (tertiary/aromatic N) is 2. The van der Waals surface area contributed by atoms with E-state index < -0.39 is 0 Å². The first-order valence-electron chi connectivity index (χ1n) is 5.14. The van der Waals surface area contributed by atoms with Crippen molar-refractivity contribution >= 4 is 63.1 Å². The molecule has 1 aromatic rings. The maximum absolute atomic E-state index is 9.64. The Labute approximate surface area is 141 Å². The molecule has 0 radical (unpaired) electrons. The van der Waals surface area contributed by atoms with Gasteiger partial charge in [-0.05, 0) is 39.4 Å². The fraction of sp³-hybridized carbons (Fsp3) is 0.273. The summed E-state index contributed by atoms with van der Waals surface area (Å²) in [5.74, 6) is 1.27. The lowest BCUT2D eigenvalue weighted by Crippen LogP contribution is -2.05.